The molecule has 1 fully saturated rings. The Hall–Kier alpha value is -2.07. The molecule has 1 aromatic heterocycles. The number of furan rings is 1. The van der Waals surface area contributed by atoms with Gasteiger partial charge in [0.1, 0.15) is 5.76 Å². The van der Waals surface area contributed by atoms with E-state index in [0.29, 0.717) is 38.2 Å². The molecule has 2 rings (SSSR count). The van der Waals surface area contributed by atoms with Crippen molar-refractivity contribution in [3.8, 4) is 0 Å². The summed E-state index contributed by atoms with van der Waals surface area (Å²) in [7, 11) is -3.14. The van der Waals surface area contributed by atoms with Crippen LogP contribution in [-0.2, 0) is 21.4 Å². The number of rotatable bonds is 7. The van der Waals surface area contributed by atoms with Gasteiger partial charge in [-0.3, -0.25) is 4.79 Å². The van der Waals surface area contributed by atoms with Crippen LogP contribution in [0.3, 0.4) is 0 Å². The second-order valence-electron chi connectivity index (χ2n) is 6.03. The zero-order valence-corrected chi connectivity index (χ0v) is 15.0. The SMILES string of the molecule is CS(=O)(=O)N1CCC(CNC(=O)NCC(=O)NCc2ccco2)CC1. The lowest BCUT2D eigenvalue weighted by molar-refractivity contribution is -0.120. The van der Waals surface area contributed by atoms with Crippen molar-refractivity contribution in [1.82, 2.24) is 20.3 Å². The molecule has 0 saturated carbocycles. The summed E-state index contributed by atoms with van der Waals surface area (Å²) in [5.74, 6) is 0.558. The van der Waals surface area contributed by atoms with Crippen molar-refractivity contribution in [2.24, 2.45) is 5.92 Å². The maximum absolute atomic E-state index is 11.7. The summed E-state index contributed by atoms with van der Waals surface area (Å²) in [5, 5.41) is 7.83. The number of piperidine rings is 1. The van der Waals surface area contributed by atoms with Gasteiger partial charge in [-0.1, -0.05) is 0 Å². The van der Waals surface area contributed by atoms with Gasteiger partial charge in [0.15, 0.2) is 0 Å². The number of urea groups is 1. The first-order valence-corrected chi connectivity index (χ1v) is 9.95. The van der Waals surface area contributed by atoms with E-state index in [1.54, 1.807) is 12.1 Å². The summed E-state index contributed by atoms with van der Waals surface area (Å²) in [4.78, 5) is 23.3. The Morgan fingerprint density at radius 3 is 2.56 bits per heavy atom. The van der Waals surface area contributed by atoms with Crippen molar-refractivity contribution in [3.05, 3.63) is 24.2 Å². The van der Waals surface area contributed by atoms with Crippen molar-refractivity contribution in [2.75, 3.05) is 32.4 Å². The maximum Gasteiger partial charge on any atom is 0.315 e. The molecule has 1 aliphatic rings. The van der Waals surface area contributed by atoms with Crippen molar-refractivity contribution in [2.45, 2.75) is 19.4 Å². The Labute approximate surface area is 147 Å². The van der Waals surface area contributed by atoms with Crippen LogP contribution in [0.2, 0.25) is 0 Å². The van der Waals surface area contributed by atoms with Crippen LogP contribution in [0, 0.1) is 5.92 Å². The highest BCUT2D eigenvalue weighted by Crippen LogP contribution is 2.18. The highest BCUT2D eigenvalue weighted by molar-refractivity contribution is 7.88. The van der Waals surface area contributed by atoms with E-state index in [0.717, 1.165) is 0 Å². The molecule has 0 bridgehead atoms. The van der Waals surface area contributed by atoms with Gasteiger partial charge in [0.25, 0.3) is 0 Å². The molecular formula is C15H24N4O5S. The van der Waals surface area contributed by atoms with Gasteiger partial charge in [-0.05, 0) is 30.9 Å². The monoisotopic (exact) mass is 372 g/mol. The van der Waals surface area contributed by atoms with Gasteiger partial charge < -0.3 is 20.4 Å². The van der Waals surface area contributed by atoms with Gasteiger partial charge >= 0.3 is 6.03 Å². The third kappa shape index (κ3) is 6.75. The molecule has 0 atom stereocenters. The lowest BCUT2D eigenvalue weighted by atomic mass is 9.98. The molecule has 1 aromatic rings. The number of hydrogen-bond donors (Lipinski definition) is 3. The first kappa shape index (κ1) is 19.3. The minimum atomic E-state index is -3.14. The first-order chi connectivity index (χ1) is 11.8. The number of nitrogens with one attached hydrogen (secondary N) is 3. The normalized spacial score (nSPS) is 16.4. The molecule has 1 saturated heterocycles. The molecule has 0 radical (unpaired) electrons. The minimum Gasteiger partial charge on any atom is -0.467 e. The van der Waals surface area contributed by atoms with Crippen molar-refractivity contribution in [3.63, 3.8) is 0 Å². The molecule has 0 aliphatic carbocycles. The number of carbonyl (C=O) groups excluding carboxylic acids is 2. The quantitative estimate of drug-likeness (QED) is 0.615. The molecule has 1 aliphatic heterocycles. The summed E-state index contributed by atoms with van der Waals surface area (Å²) < 4.78 is 29.4. The van der Waals surface area contributed by atoms with E-state index in [1.165, 1.54) is 16.8 Å². The Bertz CT molecular complexity index is 666. The zero-order valence-electron chi connectivity index (χ0n) is 14.2. The Morgan fingerprint density at radius 2 is 1.96 bits per heavy atom. The highest BCUT2D eigenvalue weighted by atomic mass is 32.2. The van der Waals surface area contributed by atoms with E-state index in [4.69, 9.17) is 4.42 Å². The van der Waals surface area contributed by atoms with Crippen molar-refractivity contribution < 1.29 is 22.4 Å². The van der Waals surface area contributed by atoms with Gasteiger partial charge in [0.2, 0.25) is 15.9 Å². The molecule has 10 heteroatoms. The number of nitrogens with zero attached hydrogens (tertiary/aromatic N) is 1. The van der Waals surface area contributed by atoms with Crippen LogP contribution in [0.5, 0.6) is 0 Å². The lowest BCUT2D eigenvalue weighted by Gasteiger charge is -2.30. The molecule has 2 heterocycles. The van der Waals surface area contributed by atoms with Crippen LogP contribution in [0.4, 0.5) is 4.79 Å². The fourth-order valence-electron chi connectivity index (χ4n) is 2.57. The molecule has 0 spiro atoms. The number of sulfonamides is 1. The smallest absolute Gasteiger partial charge is 0.315 e. The summed E-state index contributed by atoms with van der Waals surface area (Å²) >= 11 is 0. The second-order valence-corrected chi connectivity index (χ2v) is 8.01. The fraction of sp³-hybridized carbons (Fsp3) is 0.600. The first-order valence-electron chi connectivity index (χ1n) is 8.10. The van der Waals surface area contributed by atoms with E-state index < -0.39 is 16.1 Å². The molecule has 3 N–H and O–H groups in total. The van der Waals surface area contributed by atoms with E-state index in [-0.39, 0.29) is 24.9 Å². The van der Waals surface area contributed by atoms with E-state index in [2.05, 4.69) is 16.0 Å². The number of carbonyl (C=O) groups is 2. The third-order valence-electron chi connectivity index (χ3n) is 4.04. The third-order valence-corrected chi connectivity index (χ3v) is 5.35. The van der Waals surface area contributed by atoms with Crippen LogP contribution in [0.15, 0.2) is 22.8 Å². The van der Waals surface area contributed by atoms with Crippen molar-refractivity contribution in [1.29, 1.82) is 0 Å². The van der Waals surface area contributed by atoms with Gasteiger partial charge in [0.05, 0.1) is 25.6 Å². The van der Waals surface area contributed by atoms with Crippen molar-refractivity contribution >= 4 is 22.0 Å². The van der Waals surface area contributed by atoms with Gasteiger partial charge in [-0.2, -0.15) is 0 Å². The van der Waals surface area contributed by atoms with Gasteiger partial charge in [0, 0.05) is 19.6 Å². The molecule has 9 nitrogen and oxygen atoms in total. The second kappa shape index (κ2) is 8.86. The Morgan fingerprint density at radius 1 is 1.24 bits per heavy atom. The van der Waals surface area contributed by atoms with E-state index in [1.807, 2.05) is 0 Å². The van der Waals surface area contributed by atoms with E-state index >= 15 is 0 Å². The number of amides is 3. The summed E-state index contributed by atoms with van der Waals surface area (Å²) in [6.45, 7) is 1.55. The van der Waals surface area contributed by atoms with E-state index in [9.17, 15) is 18.0 Å². The molecule has 140 valence electrons. The lowest BCUT2D eigenvalue weighted by Crippen LogP contribution is -2.45. The summed E-state index contributed by atoms with van der Waals surface area (Å²) in [6, 6.07) is 3.06. The minimum absolute atomic E-state index is 0.126. The zero-order chi connectivity index (χ0) is 18.3. The predicted octanol–water partition coefficient (Wildman–Crippen LogP) is -0.133. The predicted molar refractivity (Wildman–Crippen MR) is 91.1 cm³/mol. The Kier molecular flexibility index (Phi) is 6.82. The van der Waals surface area contributed by atoms with Crippen LogP contribution in [0.1, 0.15) is 18.6 Å². The summed E-state index contributed by atoms with van der Waals surface area (Å²) in [5.41, 5.74) is 0. The molecular weight excluding hydrogens is 348 g/mol. The molecule has 25 heavy (non-hydrogen) atoms. The summed E-state index contributed by atoms with van der Waals surface area (Å²) in [6.07, 6.45) is 4.14. The Balaban J connectivity index is 1.57. The average Bonchev–Trinajstić information content (AvgIpc) is 3.09. The van der Waals surface area contributed by atoms with Crippen LogP contribution in [0.25, 0.3) is 0 Å². The fourth-order valence-corrected chi connectivity index (χ4v) is 3.44. The number of hydrogen-bond acceptors (Lipinski definition) is 5. The van der Waals surface area contributed by atoms with Crippen LogP contribution < -0.4 is 16.0 Å². The van der Waals surface area contributed by atoms with Crippen LogP contribution >= 0.6 is 0 Å². The standard InChI is InChI=1S/C15H24N4O5S/c1-25(22,23)19-6-4-12(5-7-19)9-17-15(21)18-11-14(20)16-10-13-3-2-8-24-13/h2-3,8,12H,4-7,9-11H2,1H3,(H,16,20)(H2,17,18,21). The maximum atomic E-state index is 11.7. The molecule has 3 amide bonds. The average molecular weight is 372 g/mol. The molecule has 0 aromatic carbocycles. The molecule has 0 unspecified atom stereocenters. The van der Waals surface area contributed by atoms with Gasteiger partial charge in [-0.15, -0.1) is 0 Å². The van der Waals surface area contributed by atoms with Crippen LogP contribution in [-0.4, -0.2) is 57.1 Å². The highest BCUT2D eigenvalue weighted by Gasteiger charge is 2.24. The largest absolute Gasteiger partial charge is 0.467 e. The van der Waals surface area contributed by atoms with Gasteiger partial charge in [-0.25, -0.2) is 17.5 Å². The topological polar surface area (TPSA) is 121 Å².